The molecule has 3 N–H and O–H groups in total. The summed E-state index contributed by atoms with van der Waals surface area (Å²) < 4.78 is 57.0. The molecule has 1 aromatic carbocycles. The summed E-state index contributed by atoms with van der Waals surface area (Å²) >= 11 is 0. The van der Waals surface area contributed by atoms with Crippen LogP contribution in [-0.4, -0.2) is 23.9 Å². The molecule has 19 heavy (non-hydrogen) atoms. The maximum absolute atomic E-state index is 13.6. The number of carbonyl (C=O) groups excluding carboxylic acids is 1. The fraction of sp³-hybridized carbons (Fsp3) is 0.364. The molecule has 1 unspecified atom stereocenters. The lowest BCUT2D eigenvalue weighted by molar-refractivity contribution is -0.150. The summed E-state index contributed by atoms with van der Waals surface area (Å²) in [5.74, 6) is -7.90. The molecular weight excluding hydrogens is 270 g/mol. The molecule has 0 saturated carbocycles. The van der Waals surface area contributed by atoms with Crippen LogP contribution in [0.3, 0.4) is 0 Å². The number of ether oxygens (including phenoxy) is 1. The van der Waals surface area contributed by atoms with Crippen LogP contribution < -0.4 is 5.73 Å². The minimum atomic E-state index is -2.52. The highest BCUT2D eigenvalue weighted by Gasteiger charge is 2.33. The van der Waals surface area contributed by atoms with Crippen LogP contribution in [0.25, 0.3) is 0 Å². The van der Waals surface area contributed by atoms with Crippen molar-refractivity contribution in [1.29, 1.82) is 0 Å². The molecule has 1 aromatic rings. The number of esters is 1. The van der Waals surface area contributed by atoms with Crippen molar-refractivity contribution in [3.8, 4) is 5.75 Å². The van der Waals surface area contributed by atoms with E-state index in [4.69, 9.17) is 5.73 Å². The van der Waals surface area contributed by atoms with Crippen LogP contribution in [0.1, 0.15) is 18.5 Å². The highest BCUT2D eigenvalue weighted by atomic mass is 19.2. The van der Waals surface area contributed by atoms with Crippen molar-refractivity contribution >= 4 is 5.97 Å². The minimum absolute atomic E-state index is 0.141. The van der Waals surface area contributed by atoms with Crippen LogP contribution in [-0.2, 0) is 9.53 Å². The largest absolute Gasteiger partial charge is 0.507 e. The Bertz CT molecular complexity index is 495. The molecule has 0 aromatic heterocycles. The number of hydrogen-bond donors (Lipinski definition) is 2. The molecule has 2 atom stereocenters. The Morgan fingerprint density at radius 2 is 2.00 bits per heavy atom. The predicted octanol–water partition coefficient (Wildman–Crippen LogP) is 1.71. The normalized spacial score (nSPS) is 14.0. The van der Waals surface area contributed by atoms with Crippen LogP contribution in [0.15, 0.2) is 6.07 Å². The maximum Gasteiger partial charge on any atom is 0.342 e. The molecule has 0 aliphatic rings. The lowest BCUT2D eigenvalue weighted by Gasteiger charge is -2.18. The number of phenols is 1. The van der Waals surface area contributed by atoms with Crippen molar-refractivity contribution in [3.63, 3.8) is 0 Å². The minimum Gasteiger partial charge on any atom is -0.507 e. The first-order valence-electron chi connectivity index (χ1n) is 5.23. The molecular formula is C11H11F4NO3. The second kappa shape index (κ2) is 5.87. The van der Waals surface area contributed by atoms with Gasteiger partial charge in [-0.25, -0.2) is 22.4 Å². The summed E-state index contributed by atoms with van der Waals surface area (Å²) in [5, 5.41) is 9.28. The second-order valence-electron chi connectivity index (χ2n) is 3.60. The van der Waals surface area contributed by atoms with Crippen LogP contribution in [0.4, 0.5) is 17.6 Å². The lowest BCUT2D eigenvalue weighted by atomic mass is 10.0. The van der Waals surface area contributed by atoms with E-state index in [-0.39, 0.29) is 12.7 Å². The Balaban J connectivity index is 3.16. The van der Waals surface area contributed by atoms with Gasteiger partial charge in [-0.3, -0.25) is 0 Å². The van der Waals surface area contributed by atoms with E-state index in [0.29, 0.717) is 0 Å². The molecule has 1 rings (SSSR count). The van der Waals surface area contributed by atoms with E-state index < -0.39 is 46.9 Å². The van der Waals surface area contributed by atoms with Crippen molar-refractivity contribution < 1.29 is 32.2 Å². The molecule has 4 nitrogen and oxygen atoms in total. The SMILES string of the molecule is CCOC(=O)C(F)[C@H](N)c1c(O)cc(F)c(F)c1F. The number of benzene rings is 1. The molecule has 0 amide bonds. The van der Waals surface area contributed by atoms with E-state index >= 15 is 0 Å². The molecule has 0 aliphatic heterocycles. The molecule has 0 aliphatic carbocycles. The zero-order chi connectivity index (χ0) is 14.7. The van der Waals surface area contributed by atoms with Crippen LogP contribution in [0.2, 0.25) is 0 Å². The lowest BCUT2D eigenvalue weighted by Crippen LogP contribution is -2.32. The van der Waals surface area contributed by atoms with Gasteiger partial charge in [0.1, 0.15) is 5.75 Å². The van der Waals surface area contributed by atoms with E-state index in [2.05, 4.69) is 4.74 Å². The summed E-state index contributed by atoms with van der Waals surface area (Å²) in [6.45, 7) is 1.27. The zero-order valence-electron chi connectivity index (χ0n) is 9.79. The van der Waals surface area contributed by atoms with Crippen molar-refractivity contribution in [2.75, 3.05) is 6.61 Å². The van der Waals surface area contributed by atoms with Crippen LogP contribution in [0, 0.1) is 17.5 Å². The van der Waals surface area contributed by atoms with Crippen LogP contribution in [0.5, 0.6) is 5.75 Å². The number of carbonyl (C=O) groups is 1. The van der Waals surface area contributed by atoms with Gasteiger partial charge in [0.05, 0.1) is 18.2 Å². The molecule has 0 heterocycles. The van der Waals surface area contributed by atoms with E-state index in [1.807, 2.05) is 0 Å². The first-order chi connectivity index (χ1) is 8.81. The number of aromatic hydroxyl groups is 1. The summed E-state index contributed by atoms with van der Waals surface area (Å²) in [6, 6.07) is -1.78. The van der Waals surface area contributed by atoms with Gasteiger partial charge in [-0.05, 0) is 6.92 Å². The van der Waals surface area contributed by atoms with Gasteiger partial charge in [0.2, 0.25) is 6.17 Å². The highest BCUT2D eigenvalue weighted by molar-refractivity contribution is 5.76. The second-order valence-corrected chi connectivity index (χ2v) is 3.60. The van der Waals surface area contributed by atoms with Crippen LogP contribution >= 0.6 is 0 Å². The van der Waals surface area contributed by atoms with E-state index in [9.17, 15) is 27.5 Å². The fourth-order valence-corrected chi connectivity index (χ4v) is 1.43. The molecule has 0 radical (unpaired) electrons. The molecule has 0 fully saturated rings. The van der Waals surface area contributed by atoms with Gasteiger partial charge in [0.25, 0.3) is 0 Å². The van der Waals surface area contributed by atoms with Gasteiger partial charge < -0.3 is 15.6 Å². The van der Waals surface area contributed by atoms with E-state index in [1.54, 1.807) is 0 Å². The Kier molecular flexibility index (Phi) is 4.71. The number of phenolic OH excluding ortho intramolecular Hbond substituents is 1. The number of nitrogens with two attached hydrogens (primary N) is 1. The van der Waals surface area contributed by atoms with Crippen molar-refractivity contribution in [2.24, 2.45) is 5.73 Å². The first kappa shape index (κ1) is 15.2. The molecule has 0 bridgehead atoms. The van der Waals surface area contributed by atoms with Gasteiger partial charge in [0.15, 0.2) is 17.5 Å². The zero-order valence-corrected chi connectivity index (χ0v) is 9.79. The quantitative estimate of drug-likeness (QED) is 0.500. The Morgan fingerprint density at radius 3 is 2.53 bits per heavy atom. The topological polar surface area (TPSA) is 72.5 Å². The number of hydrogen-bond acceptors (Lipinski definition) is 4. The highest BCUT2D eigenvalue weighted by Crippen LogP contribution is 2.32. The smallest absolute Gasteiger partial charge is 0.342 e. The number of halogens is 4. The standard InChI is InChI=1S/C11H11F4NO3/c1-2-19-11(18)9(15)10(16)6-5(17)3-4(12)7(13)8(6)14/h3,9-10,17H,2,16H2,1H3/t9?,10-/m1/s1. The predicted molar refractivity (Wildman–Crippen MR) is 56.4 cm³/mol. The summed E-state index contributed by atoms with van der Waals surface area (Å²) in [7, 11) is 0. The summed E-state index contributed by atoms with van der Waals surface area (Å²) in [4.78, 5) is 11.1. The third kappa shape index (κ3) is 2.95. The average molecular weight is 281 g/mol. The van der Waals surface area contributed by atoms with Gasteiger partial charge in [-0.15, -0.1) is 0 Å². The van der Waals surface area contributed by atoms with Gasteiger partial charge in [-0.1, -0.05) is 0 Å². The monoisotopic (exact) mass is 281 g/mol. The Labute approximate surface area is 105 Å². The summed E-state index contributed by atoms with van der Waals surface area (Å²) in [6.07, 6.45) is -2.52. The maximum atomic E-state index is 13.6. The first-order valence-corrected chi connectivity index (χ1v) is 5.23. The molecule has 106 valence electrons. The third-order valence-electron chi connectivity index (χ3n) is 2.34. The Morgan fingerprint density at radius 1 is 1.42 bits per heavy atom. The van der Waals surface area contributed by atoms with Crippen molar-refractivity contribution in [2.45, 2.75) is 19.1 Å². The average Bonchev–Trinajstić information content (AvgIpc) is 2.35. The molecule has 8 heteroatoms. The Hall–Kier alpha value is -1.83. The van der Waals surface area contributed by atoms with Crippen molar-refractivity contribution in [1.82, 2.24) is 0 Å². The number of rotatable bonds is 4. The summed E-state index contributed by atoms with van der Waals surface area (Å²) in [5.41, 5.74) is 4.20. The van der Waals surface area contributed by atoms with Gasteiger partial charge in [0, 0.05) is 6.07 Å². The molecule has 0 spiro atoms. The van der Waals surface area contributed by atoms with Gasteiger partial charge >= 0.3 is 5.97 Å². The molecule has 0 saturated heterocycles. The fourth-order valence-electron chi connectivity index (χ4n) is 1.43. The van der Waals surface area contributed by atoms with E-state index in [1.165, 1.54) is 6.92 Å². The van der Waals surface area contributed by atoms with Crippen molar-refractivity contribution in [3.05, 3.63) is 29.1 Å². The third-order valence-corrected chi connectivity index (χ3v) is 2.34. The van der Waals surface area contributed by atoms with E-state index in [0.717, 1.165) is 0 Å². The number of alkyl halides is 1. The van der Waals surface area contributed by atoms with Gasteiger partial charge in [-0.2, -0.15) is 0 Å².